The molecule has 0 aromatic carbocycles. The lowest BCUT2D eigenvalue weighted by atomic mass is 9.87. The van der Waals surface area contributed by atoms with E-state index in [2.05, 4.69) is 20.3 Å². The van der Waals surface area contributed by atoms with E-state index in [1.807, 2.05) is 0 Å². The summed E-state index contributed by atoms with van der Waals surface area (Å²) < 4.78 is 35.2. The van der Waals surface area contributed by atoms with Crippen molar-refractivity contribution >= 4 is 34.9 Å². The Kier molecular flexibility index (Phi) is 8.36. The molecule has 210 valence electrons. The largest absolute Gasteiger partial charge is 0.462 e. The standard InChI is InChI=1S/C25H38FN7O5/c1-13(2)17(27)22(35)36-11-15-19(38-16(34)10-14-8-6-5-7-9-14)25(3,26)23(37-15)33-12-30-18-20(29-4)31-24(28)32-21(18)33/h12-15,17,19,23H,5-11,27H2,1-4H3,(H3,28,29,31,32)/t15-,17?,19-,23-,25-/m1/s1. The predicted octanol–water partition coefficient (Wildman–Crippen LogP) is 2.48. The molecule has 1 unspecified atom stereocenters. The van der Waals surface area contributed by atoms with Gasteiger partial charge < -0.3 is 31.0 Å². The van der Waals surface area contributed by atoms with Gasteiger partial charge in [0.1, 0.15) is 18.8 Å². The Morgan fingerprint density at radius 3 is 2.66 bits per heavy atom. The van der Waals surface area contributed by atoms with Crippen molar-refractivity contribution in [1.29, 1.82) is 0 Å². The van der Waals surface area contributed by atoms with Gasteiger partial charge in [0.15, 0.2) is 35.0 Å². The number of carbonyl (C=O) groups is 2. The molecule has 1 aliphatic carbocycles. The molecular formula is C25H38FN7O5. The summed E-state index contributed by atoms with van der Waals surface area (Å²) >= 11 is 0. The van der Waals surface area contributed by atoms with Crippen LogP contribution in [-0.4, -0.2) is 69.0 Å². The molecule has 0 spiro atoms. The predicted molar refractivity (Wildman–Crippen MR) is 138 cm³/mol. The van der Waals surface area contributed by atoms with Crippen molar-refractivity contribution < 1.29 is 28.2 Å². The van der Waals surface area contributed by atoms with Crippen LogP contribution < -0.4 is 16.8 Å². The fourth-order valence-corrected chi connectivity index (χ4v) is 5.16. The van der Waals surface area contributed by atoms with Crippen LogP contribution in [0.5, 0.6) is 0 Å². The Morgan fingerprint density at radius 1 is 1.29 bits per heavy atom. The van der Waals surface area contributed by atoms with E-state index in [1.165, 1.54) is 17.8 Å². The molecule has 4 rings (SSSR count). The lowest BCUT2D eigenvalue weighted by Gasteiger charge is -2.29. The molecule has 3 heterocycles. The van der Waals surface area contributed by atoms with Crippen molar-refractivity contribution in [3.8, 4) is 0 Å². The third kappa shape index (κ3) is 5.68. The van der Waals surface area contributed by atoms with Gasteiger partial charge in [0.2, 0.25) is 5.95 Å². The van der Waals surface area contributed by atoms with Crippen LogP contribution in [-0.2, 0) is 23.8 Å². The van der Waals surface area contributed by atoms with E-state index in [0.29, 0.717) is 11.3 Å². The van der Waals surface area contributed by atoms with E-state index in [-0.39, 0.29) is 36.5 Å². The third-order valence-corrected chi connectivity index (χ3v) is 7.43. The van der Waals surface area contributed by atoms with Crippen molar-refractivity contribution in [3.05, 3.63) is 6.33 Å². The average Bonchev–Trinajstić information content (AvgIpc) is 3.39. The molecule has 2 aromatic heterocycles. The zero-order valence-electron chi connectivity index (χ0n) is 22.4. The first-order valence-electron chi connectivity index (χ1n) is 13.2. The van der Waals surface area contributed by atoms with Crippen molar-refractivity contribution in [2.45, 2.75) is 89.4 Å². The molecule has 5 atom stereocenters. The summed E-state index contributed by atoms with van der Waals surface area (Å²) in [6.45, 7) is 4.52. The topological polar surface area (TPSA) is 170 Å². The maximum atomic E-state index is 16.6. The fraction of sp³-hybridized carbons (Fsp3) is 0.720. The van der Waals surface area contributed by atoms with Gasteiger partial charge >= 0.3 is 11.9 Å². The van der Waals surface area contributed by atoms with Gasteiger partial charge in [-0.05, 0) is 31.6 Å². The van der Waals surface area contributed by atoms with Crippen molar-refractivity contribution in [2.24, 2.45) is 17.6 Å². The average molecular weight is 536 g/mol. The van der Waals surface area contributed by atoms with E-state index in [4.69, 9.17) is 25.7 Å². The van der Waals surface area contributed by atoms with E-state index in [1.54, 1.807) is 20.9 Å². The summed E-state index contributed by atoms with van der Waals surface area (Å²) in [6.07, 6.45) is 2.98. The van der Waals surface area contributed by atoms with Crippen molar-refractivity contribution in [1.82, 2.24) is 19.5 Å². The molecule has 2 fully saturated rings. The number of hydrogen-bond donors (Lipinski definition) is 3. The van der Waals surface area contributed by atoms with Gasteiger partial charge in [-0.25, -0.2) is 9.37 Å². The molecule has 0 amide bonds. The SMILES string of the molecule is CNc1nc(N)nc2c1ncn2[C@@H]1O[C@H](COC(=O)C(N)C(C)C)[C@@H](OC(=O)CC2CCCCC2)[C@@]1(C)F. The first kappa shape index (κ1) is 28.0. The van der Waals surface area contributed by atoms with Crippen LogP contribution in [0.1, 0.15) is 65.5 Å². The van der Waals surface area contributed by atoms with Crippen LogP contribution in [0.3, 0.4) is 0 Å². The number of rotatable bonds is 9. The molecule has 1 saturated heterocycles. The van der Waals surface area contributed by atoms with Crippen LogP contribution in [0, 0.1) is 11.8 Å². The first-order valence-corrected chi connectivity index (χ1v) is 13.2. The van der Waals surface area contributed by atoms with Gasteiger partial charge in [-0.3, -0.25) is 14.2 Å². The highest BCUT2D eigenvalue weighted by Crippen LogP contribution is 2.45. The normalized spacial score (nSPS) is 27.0. The van der Waals surface area contributed by atoms with Crippen LogP contribution in [0.4, 0.5) is 16.2 Å². The minimum atomic E-state index is -2.23. The van der Waals surface area contributed by atoms with Crippen LogP contribution in [0.2, 0.25) is 0 Å². The lowest BCUT2D eigenvalue weighted by molar-refractivity contribution is -0.163. The Balaban J connectivity index is 1.61. The summed E-state index contributed by atoms with van der Waals surface area (Å²) in [4.78, 5) is 38.0. The minimum absolute atomic E-state index is 0.0363. The number of carbonyl (C=O) groups excluding carboxylic acids is 2. The summed E-state index contributed by atoms with van der Waals surface area (Å²) in [5.41, 5.74) is 10.1. The Morgan fingerprint density at radius 2 is 2.00 bits per heavy atom. The van der Waals surface area contributed by atoms with Crippen LogP contribution in [0.25, 0.3) is 11.2 Å². The quantitative estimate of drug-likeness (QED) is 0.403. The van der Waals surface area contributed by atoms with Gasteiger partial charge in [-0.2, -0.15) is 9.97 Å². The molecule has 1 aliphatic heterocycles. The Hall–Kier alpha value is -3.06. The van der Waals surface area contributed by atoms with Crippen molar-refractivity contribution in [2.75, 3.05) is 24.7 Å². The second-order valence-electron chi connectivity index (χ2n) is 10.7. The molecular weight excluding hydrogens is 497 g/mol. The van der Waals surface area contributed by atoms with Gasteiger partial charge in [0, 0.05) is 13.5 Å². The summed E-state index contributed by atoms with van der Waals surface area (Å²) in [5, 5.41) is 2.89. The number of aromatic nitrogens is 4. The summed E-state index contributed by atoms with van der Waals surface area (Å²) in [7, 11) is 1.65. The number of anilines is 2. The number of ether oxygens (including phenoxy) is 3. The number of halogens is 1. The first-order chi connectivity index (χ1) is 18.0. The Labute approximate surface area is 221 Å². The zero-order chi connectivity index (χ0) is 27.6. The number of esters is 2. The molecule has 12 nitrogen and oxygen atoms in total. The van der Waals surface area contributed by atoms with Crippen LogP contribution in [0.15, 0.2) is 6.33 Å². The van der Waals surface area contributed by atoms with Gasteiger partial charge in [-0.1, -0.05) is 33.1 Å². The van der Waals surface area contributed by atoms with Gasteiger partial charge in [0.05, 0.1) is 6.33 Å². The van der Waals surface area contributed by atoms with Gasteiger partial charge in [0.25, 0.3) is 0 Å². The summed E-state index contributed by atoms with van der Waals surface area (Å²) in [6, 6.07) is -0.853. The smallest absolute Gasteiger partial charge is 0.323 e. The van der Waals surface area contributed by atoms with E-state index >= 15 is 4.39 Å². The number of fused-ring (bicyclic) bond motifs is 1. The van der Waals surface area contributed by atoms with Crippen molar-refractivity contribution in [3.63, 3.8) is 0 Å². The number of alkyl halides is 1. The van der Waals surface area contributed by atoms with Gasteiger partial charge in [-0.15, -0.1) is 0 Å². The molecule has 0 bridgehead atoms. The maximum Gasteiger partial charge on any atom is 0.323 e. The molecule has 1 saturated carbocycles. The summed E-state index contributed by atoms with van der Waals surface area (Å²) in [5.74, 6) is -0.770. The zero-order valence-corrected chi connectivity index (χ0v) is 22.4. The molecule has 0 radical (unpaired) electrons. The highest BCUT2D eigenvalue weighted by Gasteiger charge is 2.58. The fourth-order valence-electron chi connectivity index (χ4n) is 5.16. The number of imidazole rings is 1. The molecule has 2 aliphatic rings. The van der Waals surface area contributed by atoms with Crippen LogP contribution >= 0.6 is 0 Å². The molecule has 38 heavy (non-hydrogen) atoms. The molecule has 2 aromatic rings. The van der Waals surface area contributed by atoms with E-state index < -0.39 is 42.1 Å². The highest BCUT2D eigenvalue weighted by atomic mass is 19.1. The second kappa shape index (κ2) is 11.4. The number of hydrogen-bond acceptors (Lipinski definition) is 11. The number of nitrogens with zero attached hydrogens (tertiary/aromatic N) is 4. The monoisotopic (exact) mass is 535 g/mol. The molecule has 5 N–H and O–H groups in total. The molecule has 13 heteroatoms. The van der Waals surface area contributed by atoms with E-state index in [0.717, 1.165) is 32.1 Å². The minimum Gasteiger partial charge on any atom is -0.462 e. The third-order valence-electron chi connectivity index (χ3n) is 7.43. The number of nitrogen functional groups attached to an aromatic ring is 1. The number of nitrogens with one attached hydrogen (secondary N) is 1. The lowest BCUT2D eigenvalue weighted by Crippen LogP contribution is -2.45. The van der Waals surface area contributed by atoms with E-state index in [9.17, 15) is 9.59 Å². The number of nitrogens with two attached hydrogens (primary N) is 2. The Bertz CT molecular complexity index is 1150. The highest BCUT2D eigenvalue weighted by molar-refractivity contribution is 5.84. The maximum absolute atomic E-state index is 16.6. The second-order valence-corrected chi connectivity index (χ2v) is 10.7.